The summed E-state index contributed by atoms with van der Waals surface area (Å²) in [7, 11) is 0. The predicted octanol–water partition coefficient (Wildman–Crippen LogP) is 11.2. The van der Waals surface area contributed by atoms with Crippen LogP contribution in [-0.2, 0) is 0 Å². The van der Waals surface area contributed by atoms with E-state index in [-0.39, 0.29) is 0 Å². The zero-order valence-electron chi connectivity index (χ0n) is 26.1. The van der Waals surface area contributed by atoms with Crippen molar-refractivity contribution in [2.24, 2.45) is 0 Å². The van der Waals surface area contributed by atoms with Gasteiger partial charge in [-0.1, -0.05) is 91.0 Å². The number of nitrogens with zero attached hydrogens (tertiary/aromatic N) is 4. The van der Waals surface area contributed by atoms with E-state index in [1.165, 1.54) is 0 Å². The molecule has 0 radical (unpaired) electrons. The number of aromatic nitrogens is 2. The van der Waals surface area contributed by atoms with E-state index >= 15 is 0 Å². The van der Waals surface area contributed by atoms with Crippen molar-refractivity contribution in [3.8, 4) is 34.6 Å². The van der Waals surface area contributed by atoms with E-state index in [0.717, 1.165) is 76.7 Å². The van der Waals surface area contributed by atoms with E-state index in [1.807, 2.05) is 72.8 Å². The Morgan fingerprint density at radius 1 is 0.429 bits per heavy atom. The maximum Gasteiger partial charge on any atom is 0.145 e. The van der Waals surface area contributed by atoms with Gasteiger partial charge in [0.05, 0.1) is 50.0 Å². The zero-order chi connectivity index (χ0) is 32.6. The molecule has 3 heterocycles. The van der Waals surface area contributed by atoms with E-state index in [9.17, 15) is 10.5 Å². The number of furan rings is 1. The lowest BCUT2D eigenvalue weighted by Gasteiger charge is -2.15. The second-order valence-corrected chi connectivity index (χ2v) is 12.3. The molecular weight excluding hydrogens is 601 g/mol. The molecule has 0 saturated carbocycles. The fourth-order valence-electron chi connectivity index (χ4n) is 7.66. The number of benzene rings is 7. The van der Waals surface area contributed by atoms with Crippen LogP contribution in [0.4, 0.5) is 0 Å². The maximum atomic E-state index is 10.8. The third kappa shape index (κ3) is 3.79. The molecule has 0 fully saturated rings. The minimum absolute atomic E-state index is 0.464. The van der Waals surface area contributed by atoms with Crippen LogP contribution in [0.15, 0.2) is 150 Å². The molecule has 0 unspecified atom stereocenters. The smallest absolute Gasteiger partial charge is 0.145 e. The lowest BCUT2D eigenvalue weighted by molar-refractivity contribution is 0.673. The van der Waals surface area contributed by atoms with E-state index in [1.54, 1.807) is 0 Å². The van der Waals surface area contributed by atoms with Crippen molar-refractivity contribution < 1.29 is 4.42 Å². The van der Waals surface area contributed by atoms with Gasteiger partial charge in [0, 0.05) is 26.9 Å². The lowest BCUT2D eigenvalue weighted by Crippen LogP contribution is -2.04. The highest BCUT2D eigenvalue weighted by Gasteiger charge is 2.23. The average molecular weight is 625 g/mol. The monoisotopic (exact) mass is 624 g/mol. The van der Waals surface area contributed by atoms with Gasteiger partial charge in [0.1, 0.15) is 23.3 Å². The van der Waals surface area contributed by atoms with Gasteiger partial charge in [-0.25, -0.2) is 0 Å². The quantitative estimate of drug-likeness (QED) is 0.196. The second-order valence-electron chi connectivity index (χ2n) is 12.3. The maximum absolute atomic E-state index is 10.8. The van der Waals surface area contributed by atoms with Crippen molar-refractivity contribution in [3.05, 3.63) is 157 Å². The van der Waals surface area contributed by atoms with Crippen molar-refractivity contribution in [1.82, 2.24) is 9.13 Å². The molecule has 3 aromatic heterocycles. The van der Waals surface area contributed by atoms with Crippen LogP contribution in [-0.4, -0.2) is 9.13 Å². The Morgan fingerprint density at radius 3 is 1.65 bits per heavy atom. The summed E-state index contributed by atoms with van der Waals surface area (Å²) in [4.78, 5) is 0. The average Bonchev–Trinajstić information content (AvgIpc) is 3.82. The molecule has 226 valence electrons. The second kappa shape index (κ2) is 10.2. The number of rotatable bonds is 3. The summed E-state index contributed by atoms with van der Waals surface area (Å²) >= 11 is 0. The molecule has 0 bridgehead atoms. The van der Waals surface area contributed by atoms with Gasteiger partial charge in [-0.2, -0.15) is 10.5 Å². The molecule has 0 spiro atoms. The van der Waals surface area contributed by atoms with Crippen LogP contribution in [0.25, 0.3) is 88.1 Å². The molecule has 0 aliphatic heterocycles. The van der Waals surface area contributed by atoms with Crippen molar-refractivity contribution in [2.45, 2.75) is 0 Å². The van der Waals surface area contributed by atoms with Crippen LogP contribution in [0.1, 0.15) is 11.1 Å². The number of hydrogen-bond donors (Lipinski definition) is 0. The Kier molecular flexibility index (Phi) is 5.64. The fourth-order valence-corrected chi connectivity index (χ4v) is 7.66. The molecule has 0 atom stereocenters. The highest BCUT2D eigenvalue weighted by molar-refractivity contribution is 6.24. The Bertz CT molecular complexity index is 3020. The predicted molar refractivity (Wildman–Crippen MR) is 197 cm³/mol. The Hall–Kier alpha value is -7.08. The van der Waals surface area contributed by atoms with Crippen LogP contribution < -0.4 is 0 Å². The number of nitriles is 2. The standard InChI is InChI=1S/C44H24N4O/c45-25-29-24-41(30(26-46)23-40(29)47-36-15-7-4-12-31(36)32-13-5-8-16-37(32)47)48-38-20-18-28(27-10-2-1-3-11-27)22-35(38)43-39(48)21-19-34-33-14-6-9-17-42(33)49-44(34)43/h1-24H. The molecule has 7 aromatic carbocycles. The van der Waals surface area contributed by atoms with Gasteiger partial charge >= 0.3 is 0 Å². The Balaban J connectivity index is 1.31. The molecule has 49 heavy (non-hydrogen) atoms. The Morgan fingerprint density at radius 2 is 0.980 bits per heavy atom. The number of hydrogen-bond acceptors (Lipinski definition) is 3. The van der Waals surface area contributed by atoms with Crippen LogP contribution in [0.3, 0.4) is 0 Å². The van der Waals surface area contributed by atoms with Crippen LogP contribution >= 0.6 is 0 Å². The summed E-state index contributed by atoms with van der Waals surface area (Å²) in [5, 5.41) is 27.7. The molecule has 0 saturated heterocycles. The number of fused-ring (bicyclic) bond motifs is 10. The first-order valence-electron chi connectivity index (χ1n) is 16.1. The molecule has 0 N–H and O–H groups in total. The summed E-state index contributed by atoms with van der Waals surface area (Å²) in [6.07, 6.45) is 0. The van der Waals surface area contributed by atoms with Crippen molar-refractivity contribution in [3.63, 3.8) is 0 Å². The summed E-state index contributed by atoms with van der Waals surface area (Å²) in [6, 6.07) is 54.1. The molecule has 5 heteroatoms. The topological polar surface area (TPSA) is 70.6 Å². The van der Waals surface area contributed by atoms with E-state index in [4.69, 9.17) is 4.42 Å². The zero-order valence-corrected chi connectivity index (χ0v) is 26.1. The van der Waals surface area contributed by atoms with E-state index in [2.05, 4.69) is 94.1 Å². The van der Waals surface area contributed by atoms with Gasteiger partial charge < -0.3 is 13.6 Å². The fraction of sp³-hybridized carbons (Fsp3) is 0. The first kappa shape index (κ1) is 27.1. The molecule has 0 amide bonds. The van der Waals surface area contributed by atoms with Crippen LogP contribution in [0.2, 0.25) is 0 Å². The van der Waals surface area contributed by atoms with Crippen molar-refractivity contribution in [2.75, 3.05) is 0 Å². The molecule has 0 aliphatic rings. The molecule has 10 rings (SSSR count). The lowest BCUT2D eigenvalue weighted by atomic mass is 10.0. The Labute approximate surface area is 280 Å². The molecule has 10 aromatic rings. The minimum Gasteiger partial charge on any atom is -0.455 e. The van der Waals surface area contributed by atoms with E-state index in [0.29, 0.717) is 22.5 Å². The largest absolute Gasteiger partial charge is 0.455 e. The van der Waals surface area contributed by atoms with Gasteiger partial charge in [0.15, 0.2) is 0 Å². The minimum atomic E-state index is 0.464. The number of para-hydroxylation sites is 3. The first-order valence-corrected chi connectivity index (χ1v) is 16.1. The third-order valence-electron chi connectivity index (χ3n) is 9.80. The van der Waals surface area contributed by atoms with Crippen molar-refractivity contribution >= 4 is 65.6 Å². The summed E-state index contributed by atoms with van der Waals surface area (Å²) in [6.45, 7) is 0. The normalized spacial score (nSPS) is 11.6. The van der Waals surface area contributed by atoms with Gasteiger partial charge in [-0.15, -0.1) is 0 Å². The molecule has 0 aliphatic carbocycles. The first-order chi connectivity index (χ1) is 24.2. The summed E-state index contributed by atoms with van der Waals surface area (Å²) in [5.74, 6) is 0. The highest BCUT2D eigenvalue weighted by atomic mass is 16.3. The molecule has 5 nitrogen and oxygen atoms in total. The van der Waals surface area contributed by atoms with Crippen LogP contribution in [0.5, 0.6) is 0 Å². The SMILES string of the molecule is N#Cc1cc(-n2c3ccc(-c4ccccc4)cc3c3c4oc5ccccc5c4ccc32)c(C#N)cc1-n1c2ccccc2c2ccccc21. The van der Waals surface area contributed by atoms with Gasteiger partial charge in [-0.05, 0) is 65.7 Å². The van der Waals surface area contributed by atoms with Gasteiger partial charge in [0.25, 0.3) is 0 Å². The highest BCUT2D eigenvalue weighted by Crippen LogP contribution is 2.43. The molecular formula is C44H24N4O. The third-order valence-corrected chi connectivity index (χ3v) is 9.80. The summed E-state index contributed by atoms with van der Waals surface area (Å²) in [5.41, 5.74) is 9.86. The van der Waals surface area contributed by atoms with Crippen molar-refractivity contribution in [1.29, 1.82) is 10.5 Å². The van der Waals surface area contributed by atoms with E-state index < -0.39 is 0 Å². The summed E-state index contributed by atoms with van der Waals surface area (Å²) < 4.78 is 10.8. The van der Waals surface area contributed by atoms with Gasteiger partial charge in [0.2, 0.25) is 0 Å². The van der Waals surface area contributed by atoms with Crippen LogP contribution in [0, 0.1) is 22.7 Å². The van der Waals surface area contributed by atoms with Gasteiger partial charge in [-0.3, -0.25) is 0 Å².